The second kappa shape index (κ2) is 6.58. The van der Waals surface area contributed by atoms with Crippen LogP contribution in [0.1, 0.15) is 39.0 Å². The molecule has 2 unspecified atom stereocenters. The summed E-state index contributed by atoms with van der Waals surface area (Å²) in [5.74, 6) is 0. The number of likely N-dealkylation sites (tertiary alicyclic amines) is 1. The van der Waals surface area contributed by atoms with Crippen molar-refractivity contribution >= 4 is 0 Å². The highest BCUT2D eigenvalue weighted by molar-refractivity contribution is 4.78. The van der Waals surface area contributed by atoms with Crippen LogP contribution in [0.4, 0.5) is 0 Å². The quantitative estimate of drug-likeness (QED) is 0.771. The molecule has 1 N–H and O–H groups in total. The van der Waals surface area contributed by atoms with Gasteiger partial charge in [0, 0.05) is 25.7 Å². The number of hydrogen-bond acceptors (Lipinski definition) is 3. The van der Waals surface area contributed by atoms with E-state index in [0.29, 0.717) is 6.10 Å². The van der Waals surface area contributed by atoms with Gasteiger partial charge in [0.1, 0.15) is 0 Å². The Morgan fingerprint density at radius 1 is 1.31 bits per heavy atom. The van der Waals surface area contributed by atoms with Gasteiger partial charge in [-0.05, 0) is 45.2 Å². The molecule has 2 aliphatic rings. The molecule has 0 aromatic carbocycles. The lowest BCUT2D eigenvalue weighted by Gasteiger charge is -2.33. The minimum atomic E-state index is 0.555. The molecule has 3 nitrogen and oxygen atoms in total. The van der Waals surface area contributed by atoms with Crippen LogP contribution in [0.2, 0.25) is 0 Å². The minimum absolute atomic E-state index is 0.555. The molecule has 0 spiro atoms. The van der Waals surface area contributed by atoms with Crippen molar-refractivity contribution in [1.29, 1.82) is 0 Å². The maximum Gasteiger partial charge on any atom is 0.0588 e. The fourth-order valence-electron chi connectivity index (χ4n) is 2.91. The first-order valence-corrected chi connectivity index (χ1v) is 6.96. The van der Waals surface area contributed by atoms with E-state index in [0.717, 1.165) is 19.2 Å². The minimum Gasteiger partial charge on any atom is -0.378 e. The lowest BCUT2D eigenvalue weighted by atomic mass is 10.0. The van der Waals surface area contributed by atoms with Crippen molar-refractivity contribution in [3.8, 4) is 0 Å². The molecular formula is C13H26N2O. The van der Waals surface area contributed by atoms with E-state index in [1.54, 1.807) is 0 Å². The molecule has 0 saturated carbocycles. The summed E-state index contributed by atoms with van der Waals surface area (Å²) < 4.78 is 5.68. The standard InChI is InChI=1S/C13H26N2O/c1-2-14-12-5-3-8-15(11-12)9-7-13-6-4-10-16-13/h12-14H,2-11H2,1H3. The van der Waals surface area contributed by atoms with Crippen molar-refractivity contribution in [1.82, 2.24) is 10.2 Å². The second-order valence-corrected chi connectivity index (χ2v) is 5.12. The van der Waals surface area contributed by atoms with Gasteiger partial charge in [-0.1, -0.05) is 6.92 Å². The van der Waals surface area contributed by atoms with Gasteiger partial charge in [-0.15, -0.1) is 0 Å². The van der Waals surface area contributed by atoms with Crippen molar-refractivity contribution in [3.05, 3.63) is 0 Å². The number of likely N-dealkylation sites (N-methyl/N-ethyl adjacent to an activating group) is 1. The third-order valence-corrected chi connectivity index (χ3v) is 3.79. The van der Waals surface area contributed by atoms with Gasteiger partial charge in [0.15, 0.2) is 0 Å². The van der Waals surface area contributed by atoms with Gasteiger partial charge in [0.05, 0.1) is 6.10 Å². The van der Waals surface area contributed by atoms with Gasteiger partial charge in [0.2, 0.25) is 0 Å². The Kier molecular flexibility index (Phi) is 5.07. The van der Waals surface area contributed by atoms with Crippen molar-refractivity contribution in [2.75, 3.05) is 32.8 Å². The zero-order chi connectivity index (χ0) is 11.2. The molecule has 2 aliphatic heterocycles. The van der Waals surface area contributed by atoms with Crippen molar-refractivity contribution in [3.63, 3.8) is 0 Å². The van der Waals surface area contributed by atoms with Crippen LogP contribution >= 0.6 is 0 Å². The van der Waals surface area contributed by atoms with Crippen molar-refractivity contribution < 1.29 is 4.74 Å². The summed E-state index contributed by atoms with van der Waals surface area (Å²) in [7, 11) is 0. The predicted molar refractivity (Wildman–Crippen MR) is 66.7 cm³/mol. The number of nitrogens with one attached hydrogen (secondary N) is 1. The zero-order valence-corrected chi connectivity index (χ0v) is 10.6. The molecule has 0 aromatic rings. The van der Waals surface area contributed by atoms with Gasteiger partial charge in [0.25, 0.3) is 0 Å². The maximum atomic E-state index is 5.68. The van der Waals surface area contributed by atoms with E-state index in [9.17, 15) is 0 Å². The number of ether oxygens (including phenoxy) is 1. The molecule has 2 atom stereocenters. The first-order chi connectivity index (χ1) is 7.88. The van der Waals surface area contributed by atoms with Crippen LogP contribution in [0.15, 0.2) is 0 Å². The highest BCUT2D eigenvalue weighted by Gasteiger charge is 2.21. The SMILES string of the molecule is CCNC1CCCN(CCC2CCCO2)C1. The third kappa shape index (κ3) is 3.72. The van der Waals surface area contributed by atoms with Gasteiger partial charge >= 0.3 is 0 Å². The molecular weight excluding hydrogens is 200 g/mol. The van der Waals surface area contributed by atoms with Crippen LogP contribution in [0.25, 0.3) is 0 Å². The van der Waals surface area contributed by atoms with E-state index in [1.807, 2.05) is 0 Å². The molecule has 3 heteroatoms. The highest BCUT2D eigenvalue weighted by Crippen LogP contribution is 2.17. The largest absolute Gasteiger partial charge is 0.378 e. The fraction of sp³-hybridized carbons (Fsp3) is 1.00. The first-order valence-electron chi connectivity index (χ1n) is 6.96. The van der Waals surface area contributed by atoms with Gasteiger partial charge in [-0.2, -0.15) is 0 Å². The summed E-state index contributed by atoms with van der Waals surface area (Å²) in [4.78, 5) is 2.61. The van der Waals surface area contributed by atoms with E-state index >= 15 is 0 Å². The third-order valence-electron chi connectivity index (χ3n) is 3.79. The number of piperidine rings is 1. The molecule has 0 amide bonds. The monoisotopic (exact) mass is 226 g/mol. The van der Waals surface area contributed by atoms with Crippen LogP contribution in [0, 0.1) is 0 Å². The molecule has 0 aromatic heterocycles. The molecule has 0 radical (unpaired) electrons. The predicted octanol–water partition coefficient (Wildman–Crippen LogP) is 1.63. The normalized spacial score (nSPS) is 32.1. The van der Waals surface area contributed by atoms with Gasteiger partial charge < -0.3 is 15.0 Å². The molecule has 0 bridgehead atoms. The molecule has 16 heavy (non-hydrogen) atoms. The molecule has 0 aliphatic carbocycles. The van der Waals surface area contributed by atoms with Gasteiger partial charge in [-0.3, -0.25) is 0 Å². The van der Waals surface area contributed by atoms with E-state index < -0.39 is 0 Å². The van der Waals surface area contributed by atoms with Crippen LogP contribution in [-0.2, 0) is 4.74 Å². The van der Waals surface area contributed by atoms with E-state index in [2.05, 4.69) is 17.1 Å². The Morgan fingerprint density at radius 3 is 3.00 bits per heavy atom. The number of rotatable bonds is 5. The van der Waals surface area contributed by atoms with Crippen LogP contribution in [0.5, 0.6) is 0 Å². The summed E-state index contributed by atoms with van der Waals surface area (Å²) in [5, 5.41) is 3.57. The summed E-state index contributed by atoms with van der Waals surface area (Å²) >= 11 is 0. The Balaban J connectivity index is 1.64. The summed E-state index contributed by atoms with van der Waals surface area (Å²) in [6.45, 7) is 8.04. The summed E-state index contributed by atoms with van der Waals surface area (Å²) in [6.07, 6.45) is 7.04. The average molecular weight is 226 g/mol. The summed E-state index contributed by atoms with van der Waals surface area (Å²) in [5.41, 5.74) is 0. The zero-order valence-electron chi connectivity index (χ0n) is 10.6. The average Bonchev–Trinajstić information content (AvgIpc) is 2.80. The van der Waals surface area contributed by atoms with Crippen LogP contribution in [0.3, 0.4) is 0 Å². The van der Waals surface area contributed by atoms with E-state index in [1.165, 1.54) is 51.7 Å². The van der Waals surface area contributed by atoms with Crippen molar-refractivity contribution in [2.24, 2.45) is 0 Å². The van der Waals surface area contributed by atoms with Crippen LogP contribution < -0.4 is 5.32 Å². The molecule has 2 saturated heterocycles. The Hall–Kier alpha value is -0.120. The maximum absolute atomic E-state index is 5.68. The lowest BCUT2D eigenvalue weighted by molar-refractivity contribution is 0.0858. The van der Waals surface area contributed by atoms with E-state index in [-0.39, 0.29) is 0 Å². The highest BCUT2D eigenvalue weighted by atomic mass is 16.5. The number of nitrogens with zero attached hydrogens (tertiary/aromatic N) is 1. The second-order valence-electron chi connectivity index (χ2n) is 5.12. The fourth-order valence-corrected chi connectivity index (χ4v) is 2.91. The first kappa shape index (κ1) is 12.3. The molecule has 2 rings (SSSR count). The summed E-state index contributed by atoms with van der Waals surface area (Å²) in [6, 6.07) is 0.725. The van der Waals surface area contributed by atoms with Crippen LogP contribution in [-0.4, -0.2) is 49.8 Å². The molecule has 2 fully saturated rings. The number of hydrogen-bond donors (Lipinski definition) is 1. The Labute approximate surface area is 99.5 Å². The smallest absolute Gasteiger partial charge is 0.0588 e. The van der Waals surface area contributed by atoms with E-state index in [4.69, 9.17) is 4.74 Å². The topological polar surface area (TPSA) is 24.5 Å². The molecule has 2 heterocycles. The Morgan fingerprint density at radius 2 is 2.25 bits per heavy atom. The Bertz CT molecular complexity index is 190. The lowest BCUT2D eigenvalue weighted by Crippen LogP contribution is -2.46. The molecule has 94 valence electrons. The van der Waals surface area contributed by atoms with Crippen molar-refractivity contribution in [2.45, 2.75) is 51.2 Å². The van der Waals surface area contributed by atoms with Gasteiger partial charge in [-0.25, -0.2) is 0 Å².